The van der Waals surface area contributed by atoms with Crippen molar-refractivity contribution >= 4 is 0 Å². The average Bonchev–Trinajstić information content (AvgIpc) is 2.58. The van der Waals surface area contributed by atoms with Crippen LogP contribution in [0.25, 0.3) is 0 Å². The van der Waals surface area contributed by atoms with Gasteiger partial charge in [0.1, 0.15) is 48.8 Å². The molecular weight excluding hydrogens is 332 g/mol. The highest BCUT2D eigenvalue weighted by Gasteiger charge is 2.50. The molecule has 24 heavy (non-hydrogen) atoms. The largest absolute Gasteiger partial charge is 0.394 e. The third-order valence-electron chi connectivity index (χ3n) is 4.22. The number of hydrogen-bond donors (Lipinski definition) is 7. The maximum atomic E-state index is 10.1. The predicted octanol–water partition coefficient (Wildman–Crippen LogP) is -4.74. The molecule has 142 valence electrons. The Balaban J connectivity index is 2.12. The molecule has 0 aromatic carbocycles. The molecule has 10 atom stereocenters. The molecule has 2 aliphatic heterocycles. The van der Waals surface area contributed by atoms with Gasteiger partial charge in [-0.1, -0.05) is 0 Å². The molecule has 0 aliphatic carbocycles. The Labute approximate surface area is 137 Å². The van der Waals surface area contributed by atoms with Crippen LogP contribution in [-0.4, -0.2) is 117 Å². The van der Waals surface area contributed by atoms with Gasteiger partial charge in [-0.05, 0) is 0 Å². The number of rotatable bonds is 5. The summed E-state index contributed by atoms with van der Waals surface area (Å²) in [6.07, 6.45) is -14.2. The van der Waals surface area contributed by atoms with Crippen LogP contribution in [0.1, 0.15) is 0 Å². The second kappa shape index (κ2) is 8.29. The van der Waals surface area contributed by atoms with Crippen LogP contribution in [0.3, 0.4) is 0 Å². The van der Waals surface area contributed by atoms with Crippen molar-refractivity contribution in [3.63, 3.8) is 0 Å². The summed E-state index contributed by atoms with van der Waals surface area (Å²) in [6.45, 7) is -1.18. The van der Waals surface area contributed by atoms with E-state index in [9.17, 15) is 35.7 Å². The molecule has 1 unspecified atom stereocenters. The van der Waals surface area contributed by atoms with Gasteiger partial charge in [-0.3, -0.25) is 0 Å². The van der Waals surface area contributed by atoms with Gasteiger partial charge < -0.3 is 54.7 Å². The Morgan fingerprint density at radius 2 is 1.29 bits per heavy atom. The van der Waals surface area contributed by atoms with Crippen LogP contribution in [0, 0.1) is 0 Å². The first-order valence-corrected chi connectivity index (χ1v) is 7.46. The fourth-order valence-electron chi connectivity index (χ4n) is 2.85. The van der Waals surface area contributed by atoms with Crippen molar-refractivity contribution in [2.75, 3.05) is 20.3 Å². The van der Waals surface area contributed by atoms with Crippen LogP contribution in [0.15, 0.2) is 0 Å². The lowest BCUT2D eigenvalue weighted by Gasteiger charge is -2.45. The zero-order valence-electron chi connectivity index (χ0n) is 13.0. The molecule has 0 spiro atoms. The van der Waals surface area contributed by atoms with Crippen LogP contribution < -0.4 is 0 Å². The lowest BCUT2D eigenvalue weighted by atomic mass is 9.97. The number of aliphatic hydroxyl groups excluding tert-OH is 7. The second-order valence-electron chi connectivity index (χ2n) is 5.74. The first kappa shape index (κ1) is 19.9. The lowest BCUT2D eigenvalue weighted by molar-refractivity contribution is -0.356. The van der Waals surface area contributed by atoms with Crippen molar-refractivity contribution in [2.24, 2.45) is 0 Å². The van der Waals surface area contributed by atoms with Crippen molar-refractivity contribution in [3.05, 3.63) is 0 Å². The van der Waals surface area contributed by atoms with E-state index in [0.717, 1.165) is 0 Å². The Hall–Kier alpha value is -0.440. The van der Waals surface area contributed by atoms with E-state index in [4.69, 9.17) is 18.9 Å². The molecule has 2 fully saturated rings. The Morgan fingerprint density at radius 1 is 0.750 bits per heavy atom. The van der Waals surface area contributed by atoms with Gasteiger partial charge >= 0.3 is 0 Å². The van der Waals surface area contributed by atoms with Crippen LogP contribution in [0.2, 0.25) is 0 Å². The standard InChI is InChI=1S/C13H24O11/c1-21-10-4(2-14)23-13(9(19)7(10)17)24-11-5(3-15)22-12(20)8(18)6(11)16/h4-20H,2-3H2,1H3/t4-,5-,6-,7-,8-,9-,10-,11-,12?,13+/m1/s1. The molecule has 0 aromatic heterocycles. The summed E-state index contributed by atoms with van der Waals surface area (Å²) in [6, 6.07) is 0. The molecule has 0 bridgehead atoms. The topological polar surface area (TPSA) is 179 Å². The lowest BCUT2D eigenvalue weighted by Crippen LogP contribution is -2.64. The van der Waals surface area contributed by atoms with Crippen molar-refractivity contribution in [3.8, 4) is 0 Å². The summed E-state index contributed by atoms with van der Waals surface area (Å²) >= 11 is 0. The zero-order chi connectivity index (χ0) is 18.0. The van der Waals surface area contributed by atoms with Gasteiger partial charge in [-0.25, -0.2) is 0 Å². The second-order valence-corrected chi connectivity index (χ2v) is 5.74. The normalized spacial score (nSPS) is 50.0. The minimum atomic E-state index is -1.72. The summed E-state index contributed by atoms with van der Waals surface area (Å²) in [5.41, 5.74) is 0. The summed E-state index contributed by atoms with van der Waals surface area (Å²) in [7, 11) is 1.27. The van der Waals surface area contributed by atoms with Crippen molar-refractivity contribution in [1.29, 1.82) is 0 Å². The van der Waals surface area contributed by atoms with Crippen LogP contribution in [0.4, 0.5) is 0 Å². The van der Waals surface area contributed by atoms with E-state index in [2.05, 4.69) is 0 Å². The van der Waals surface area contributed by atoms with Crippen LogP contribution in [0.5, 0.6) is 0 Å². The summed E-state index contributed by atoms with van der Waals surface area (Å²) in [5, 5.41) is 67.8. The summed E-state index contributed by atoms with van der Waals surface area (Å²) in [4.78, 5) is 0. The molecule has 2 saturated heterocycles. The van der Waals surface area contributed by atoms with Gasteiger partial charge in [-0.15, -0.1) is 0 Å². The van der Waals surface area contributed by atoms with Gasteiger partial charge in [0.25, 0.3) is 0 Å². The third-order valence-corrected chi connectivity index (χ3v) is 4.22. The van der Waals surface area contributed by atoms with E-state index < -0.39 is 74.6 Å². The molecule has 0 aromatic rings. The molecule has 2 rings (SSSR count). The van der Waals surface area contributed by atoms with Crippen molar-refractivity contribution in [1.82, 2.24) is 0 Å². The van der Waals surface area contributed by atoms with Gasteiger partial charge in [0.2, 0.25) is 0 Å². The first-order chi connectivity index (χ1) is 11.3. The highest BCUT2D eigenvalue weighted by Crippen LogP contribution is 2.29. The van der Waals surface area contributed by atoms with Gasteiger partial charge in [0.15, 0.2) is 12.6 Å². The fraction of sp³-hybridized carbons (Fsp3) is 1.00. The van der Waals surface area contributed by atoms with Crippen molar-refractivity contribution < 1.29 is 54.7 Å². The van der Waals surface area contributed by atoms with Crippen molar-refractivity contribution in [2.45, 2.75) is 61.4 Å². The van der Waals surface area contributed by atoms with E-state index in [1.54, 1.807) is 0 Å². The smallest absolute Gasteiger partial charge is 0.187 e. The predicted molar refractivity (Wildman–Crippen MR) is 73.4 cm³/mol. The first-order valence-electron chi connectivity index (χ1n) is 7.46. The number of aliphatic hydroxyl groups is 7. The van der Waals surface area contributed by atoms with E-state index >= 15 is 0 Å². The SMILES string of the molecule is CO[C@H]1[C@H](O)[C@@H](O)[C@H](O[C@H]2[C@H](O)[C@@H](O)C(O)O[C@@H]2CO)O[C@@H]1CO. The molecule has 0 saturated carbocycles. The van der Waals surface area contributed by atoms with Gasteiger partial charge in [0.05, 0.1) is 13.2 Å². The molecule has 2 heterocycles. The monoisotopic (exact) mass is 356 g/mol. The number of ether oxygens (including phenoxy) is 4. The molecule has 11 heteroatoms. The Morgan fingerprint density at radius 3 is 1.83 bits per heavy atom. The minimum absolute atomic E-state index is 0.531. The molecule has 7 N–H and O–H groups in total. The van der Waals surface area contributed by atoms with Crippen LogP contribution in [-0.2, 0) is 18.9 Å². The average molecular weight is 356 g/mol. The Kier molecular flexibility index (Phi) is 6.87. The molecule has 0 radical (unpaired) electrons. The van der Waals surface area contributed by atoms with Crippen LogP contribution >= 0.6 is 0 Å². The quantitative estimate of drug-likeness (QED) is 0.251. The van der Waals surface area contributed by atoms with Gasteiger partial charge in [0, 0.05) is 7.11 Å². The maximum absolute atomic E-state index is 10.1. The number of hydrogen-bond acceptors (Lipinski definition) is 11. The van der Waals surface area contributed by atoms with E-state index in [-0.39, 0.29) is 0 Å². The van der Waals surface area contributed by atoms with Gasteiger partial charge in [-0.2, -0.15) is 0 Å². The Bertz CT molecular complexity index is 392. The molecular formula is C13H24O11. The van der Waals surface area contributed by atoms with E-state index in [0.29, 0.717) is 0 Å². The maximum Gasteiger partial charge on any atom is 0.187 e. The zero-order valence-corrected chi connectivity index (χ0v) is 13.0. The fourth-order valence-corrected chi connectivity index (χ4v) is 2.85. The number of methoxy groups -OCH3 is 1. The summed E-state index contributed by atoms with van der Waals surface area (Å²) < 4.78 is 20.6. The molecule has 0 amide bonds. The highest BCUT2D eigenvalue weighted by atomic mass is 16.7. The third kappa shape index (κ3) is 3.71. The molecule has 2 aliphatic rings. The van der Waals surface area contributed by atoms with E-state index in [1.807, 2.05) is 0 Å². The summed E-state index contributed by atoms with van der Waals surface area (Å²) in [5.74, 6) is 0. The minimum Gasteiger partial charge on any atom is -0.394 e. The highest BCUT2D eigenvalue weighted by molar-refractivity contribution is 4.94. The van der Waals surface area contributed by atoms with E-state index in [1.165, 1.54) is 7.11 Å². The molecule has 11 nitrogen and oxygen atoms in total.